The fourth-order valence-corrected chi connectivity index (χ4v) is 0.820. The van der Waals surface area contributed by atoms with Crippen LogP contribution in [0, 0.1) is 0 Å². The Labute approximate surface area is 59.5 Å². The molecule has 0 aliphatic heterocycles. The first-order chi connectivity index (χ1) is 4.81. The first kappa shape index (κ1) is 7.07. The van der Waals surface area contributed by atoms with Crippen molar-refractivity contribution in [3.05, 3.63) is 0 Å². The highest BCUT2D eigenvalue weighted by Crippen LogP contribution is 2.05. The van der Waals surface area contributed by atoms with E-state index in [1.807, 2.05) is 0 Å². The van der Waals surface area contributed by atoms with Crippen LogP contribution in [0.15, 0.2) is 0 Å². The van der Waals surface area contributed by atoms with Gasteiger partial charge in [-0.25, -0.2) is 0 Å². The Balaban J connectivity index is 3.00. The van der Waals surface area contributed by atoms with Gasteiger partial charge < -0.3 is 5.11 Å². The molecule has 0 spiro atoms. The molecule has 1 nitrogen and oxygen atoms in total. The van der Waals surface area contributed by atoms with Gasteiger partial charge in [-0.2, -0.15) is 0 Å². The molecule has 0 amide bonds. The van der Waals surface area contributed by atoms with Crippen LogP contribution in [-0.2, 0) is 0 Å². The van der Waals surface area contributed by atoms with Gasteiger partial charge in [0, 0.05) is 1.37 Å². The summed E-state index contributed by atoms with van der Waals surface area (Å²) >= 11 is 0. The molecule has 0 rings (SSSR count). The van der Waals surface area contributed by atoms with Gasteiger partial charge in [0.1, 0.15) is 0 Å². The summed E-state index contributed by atoms with van der Waals surface area (Å²) in [4.78, 5) is 0. The molecule has 0 aromatic rings. The van der Waals surface area contributed by atoms with Crippen molar-refractivity contribution in [3.63, 3.8) is 0 Å². The smallest absolute Gasteiger partial charge is 0.0540 e. The minimum Gasteiger partial charge on any atom is -0.393 e. The zero-order chi connectivity index (χ0) is 7.82. The van der Waals surface area contributed by atoms with E-state index >= 15 is 0 Å². The summed E-state index contributed by atoms with van der Waals surface area (Å²) in [7, 11) is 0. The molecule has 1 unspecified atom stereocenters. The second kappa shape index (κ2) is 6.09. The zero-order valence-corrected chi connectivity index (χ0v) is 6.27. The van der Waals surface area contributed by atoms with E-state index < -0.39 is 0 Å². The van der Waals surface area contributed by atoms with Crippen molar-refractivity contribution < 1.29 is 6.48 Å². The number of aliphatic hydroxyl groups excluding tert-OH is 1. The van der Waals surface area contributed by atoms with Gasteiger partial charge in [0.2, 0.25) is 0 Å². The van der Waals surface area contributed by atoms with Gasteiger partial charge in [-0.1, -0.05) is 33.1 Å². The Morgan fingerprint density at radius 3 is 2.78 bits per heavy atom. The van der Waals surface area contributed by atoms with E-state index in [1.165, 1.54) is 0 Å². The van der Waals surface area contributed by atoms with Gasteiger partial charge in [-0.05, 0) is 12.8 Å². The number of unbranched alkanes of at least 4 members (excludes halogenated alkanes) is 1. The lowest BCUT2D eigenvalue weighted by Crippen LogP contribution is -2.04. The van der Waals surface area contributed by atoms with Gasteiger partial charge in [-0.3, -0.25) is 0 Å². The highest BCUT2D eigenvalue weighted by atomic mass is 16.3. The molecule has 9 heavy (non-hydrogen) atoms. The molecule has 1 atom stereocenters. The van der Waals surface area contributed by atoms with E-state index in [-0.39, 0.29) is 6.10 Å². The Morgan fingerprint density at radius 1 is 1.44 bits per heavy atom. The molecule has 0 fully saturated rings. The predicted molar refractivity (Wildman–Crippen MR) is 40.4 cm³/mol. The van der Waals surface area contributed by atoms with Crippen LogP contribution in [0.25, 0.3) is 0 Å². The number of aliphatic hydroxyl groups is 1. The molecule has 0 bridgehead atoms. The van der Waals surface area contributed by atoms with Crippen molar-refractivity contribution >= 4 is 0 Å². The molecule has 0 saturated carbocycles. The van der Waals surface area contributed by atoms with E-state index in [9.17, 15) is 5.11 Å². The summed E-state index contributed by atoms with van der Waals surface area (Å²) in [5.74, 6) is 0. The van der Waals surface area contributed by atoms with Gasteiger partial charge >= 0.3 is 0 Å². The average Bonchev–Trinajstić information content (AvgIpc) is 1.97. The lowest BCUT2D eigenvalue weighted by atomic mass is 10.1. The Kier molecular flexibility index (Phi) is 4.78. The second-order valence-electron chi connectivity index (χ2n) is 2.44. The summed E-state index contributed by atoms with van der Waals surface area (Å²) in [6.45, 7) is 2.57. The monoisotopic (exact) mass is 131 g/mol. The van der Waals surface area contributed by atoms with Gasteiger partial charge in [0.15, 0.2) is 0 Å². The number of hydrogen-bond donors (Lipinski definition) is 1. The third-order valence-corrected chi connectivity index (χ3v) is 1.43. The summed E-state index contributed by atoms with van der Waals surface area (Å²) in [5, 5.41) is 9.23. The fourth-order valence-electron chi connectivity index (χ4n) is 0.820. The lowest BCUT2D eigenvalue weighted by Gasteiger charge is -2.06. The van der Waals surface area contributed by atoms with Crippen molar-refractivity contribution in [1.29, 1.82) is 0 Å². The van der Waals surface area contributed by atoms with Crippen molar-refractivity contribution in [2.45, 2.75) is 52.0 Å². The normalized spacial score (nSPS) is 15.1. The Morgan fingerprint density at radius 2 is 2.22 bits per heavy atom. The van der Waals surface area contributed by atoms with Crippen molar-refractivity contribution in [3.8, 4) is 0 Å². The number of hydrogen-bond acceptors (Lipinski definition) is 1. The zero-order valence-electron chi connectivity index (χ0n) is 7.27. The molecule has 1 N–H and O–H groups in total. The molecule has 0 aliphatic rings. The highest BCUT2D eigenvalue weighted by molar-refractivity contribution is 4.52. The van der Waals surface area contributed by atoms with Crippen LogP contribution < -0.4 is 0 Å². The molecule has 0 aliphatic carbocycles. The summed E-state index contributed by atoms with van der Waals surface area (Å²) in [5.41, 5.74) is 0. The first-order valence-corrected chi connectivity index (χ1v) is 3.78. The van der Waals surface area contributed by atoms with Gasteiger partial charge in [-0.15, -0.1) is 0 Å². The fraction of sp³-hybridized carbons (Fsp3) is 1.00. The van der Waals surface area contributed by atoms with Crippen LogP contribution in [-0.4, -0.2) is 11.2 Å². The third kappa shape index (κ3) is 5.84. The third-order valence-electron chi connectivity index (χ3n) is 1.43. The maximum atomic E-state index is 9.23. The Bertz CT molecular complexity index is 58.3. The van der Waals surface area contributed by atoms with Crippen LogP contribution in [0.1, 0.15) is 47.3 Å². The van der Waals surface area contributed by atoms with E-state index in [1.54, 1.807) is 0 Å². The average molecular weight is 131 g/mol. The molecular weight excluding hydrogens is 112 g/mol. The van der Waals surface area contributed by atoms with Crippen molar-refractivity contribution in [2.24, 2.45) is 0 Å². The van der Waals surface area contributed by atoms with Gasteiger partial charge in [0.05, 0.1) is 6.10 Å². The van der Waals surface area contributed by atoms with Crippen LogP contribution in [0.4, 0.5) is 0 Å². The second-order valence-corrected chi connectivity index (χ2v) is 2.44. The Hall–Kier alpha value is -0.0400. The van der Waals surface area contributed by atoms with E-state index in [0.29, 0.717) is 6.90 Å². The van der Waals surface area contributed by atoms with Crippen molar-refractivity contribution in [2.75, 3.05) is 0 Å². The molecule has 56 valence electrons. The first-order valence-electron chi connectivity index (χ1n) is 4.49. The standard InChI is InChI=1S/C8H18O/c1-3-5-7-8(9)6-4-2/h8-9H,3-7H2,1-2H3/i2D. The largest absolute Gasteiger partial charge is 0.393 e. The molecular formula is C8H18O. The summed E-state index contributed by atoms with van der Waals surface area (Å²) < 4.78 is 6.86. The minimum absolute atomic E-state index is 0.148. The quantitative estimate of drug-likeness (QED) is 0.607. The van der Waals surface area contributed by atoms with Gasteiger partial charge in [0.25, 0.3) is 0 Å². The van der Waals surface area contributed by atoms with Crippen LogP contribution in [0.3, 0.4) is 0 Å². The minimum atomic E-state index is -0.148. The van der Waals surface area contributed by atoms with Crippen LogP contribution in [0.5, 0.6) is 0 Å². The summed E-state index contributed by atoms with van der Waals surface area (Å²) in [6, 6.07) is 0. The molecule has 0 aromatic heterocycles. The van der Waals surface area contributed by atoms with E-state index in [0.717, 1.165) is 32.1 Å². The molecule has 0 aromatic carbocycles. The molecule has 0 heterocycles. The van der Waals surface area contributed by atoms with Crippen molar-refractivity contribution in [1.82, 2.24) is 0 Å². The number of rotatable bonds is 5. The van der Waals surface area contributed by atoms with Crippen LogP contribution >= 0.6 is 0 Å². The highest BCUT2D eigenvalue weighted by Gasteiger charge is 1.99. The van der Waals surface area contributed by atoms with E-state index in [2.05, 4.69) is 6.92 Å². The maximum absolute atomic E-state index is 9.23. The molecule has 0 radical (unpaired) electrons. The SMILES string of the molecule is [2H]CCCC(O)CCCC. The maximum Gasteiger partial charge on any atom is 0.0540 e. The van der Waals surface area contributed by atoms with E-state index in [4.69, 9.17) is 1.37 Å². The lowest BCUT2D eigenvalue weighted by molar-refractivity contribution is 0.150. The predicted octanol–water partition coefficient (Wildman–Crippen LogP) is 2.34. The van der Waals surface area contributed by atoms with Crippen LogP contribution in [0.2, 0.25) is 0 Å². The topological polar surface area (TPSA) is 20.2 Å². The molecule has 0 saturated heterocycles. The summed E-state index contributed by atoms with van der Waals surface area (Å²) in [6.07, 6.45) is 4.67. The molecule has 1 heteroatoms.